The summed E-state index contributed by atoms with van der Waals surface area (Å²) in [6, 6.07) is -0.700. The third-order valence-electron chi connectivity index (χ3n) is 3.55. The normalized spacial score (nSPS) is 25.9. The van der Waals surface area contributed by atoms with Crippen LogP contribution in [0.1, 0.15) is 12.8 Å². The third kappa shape index (κ3) is 2.75. The molecule has 0 aliphatic carbocycles. The molecule has 4 N–H and O–H groups in total. The highest BCUT2D eigenvalue weighted by Gasteiger charge is 2.42. The number of hydrogen-bond donors (Lipinski definition) is 3. The fraction of sp³-hybridized carbons (Fsp3) is 0.700. The Morgan fingerprint density at radius 3 is 2.35 bits per heavy atom. The van der Waals surface area contributed by atoms with Gasteiger partial charge >= 0.3 is 6.03 Å². The molecule has 2 heterocycles. The Morgan fingerprint density at radius 2 is 1.85 bits per heavy atom. The Morgan fingerprint density at radius 1 is 1.25 bits per heavy atom. The summed E-state index contributed by atoms with van der Waals surface area (Å²) < 4.78 is 25.8. The molecule has 2 rings (SSSR count). The quantitative estimate of drug-likeness (QED) is 0.539. The summed E-state index contributed by atoms with van der Waals surface area (Å²) in [7, 11) is -3.85. The van der Waals surface area contributed by atoms with E-state index >= 15 is 0 Å². The molecule has 2 aliphatic heterocycles. The number of sulfonamides is 1. The van der Waals surface area contributed by atoms with Crippen molar-refractivity contribution in [1.82, 2.24) is 14.9 Å². The number of carbonyl (C=O) groups excluding carboxylic acids is 3. The van der Waals surface area contributed by atoms with E-state index < -0.39 is 33.1 Å². The highest BCUT2D eigenvalue weighted by atomic mass is 32.2. The van der Waals surface area contributed by atoms with Crippen LogP contribution in [-0.4, -0.2) is 55.5 Å². The van der Waals surface area contributed by atoms with E-state index in [1.807, 2.05) is 5.32 Å². The molecular weight excluding hydrogens is 288 g/mol. The number of carbonyl (C=O) groups is 3. The van der Waals surface area contributed by atoms with Crippen molar-refractivity contribution in [2.24, 2.45) is 11.7 Å². The van der Waals surface area contributed by atoms with E-state index in [0.29, 0.717) is 12.8 Å². The summed E-state index contributed by atoms with van der Waals surface area (Å²) in [5.74, 6) is -1.60. The molecule has 0 bridgehead atoms. The lowest BCUT2D eigenvalue weighted by atomic mass is 9.98. The first-order valence-corrected chi connectivity index (χ1v) is 7.69. The van der Waals surface area contributed by atoms with Gasteiger partial charge in [-0.2, -0.15) is 0 Å². The maximum Gasteiger partial charge on any atom is 0.321 e. The van der Waals surface area contributed by atoms with Crippen LogP contribution in [0.4, 0.5) is 4.79 Å². The minimum atomic E-state index is -3.85. The van der Waals surface area contributed by atoms with Gasteiger partial charge < -0.3 is 11.1 Å². The number of nitrogens with zero attached hydrogens (tertiary/aromatic N) is 1. The van der Waals surface area contributed by atoms with Crippen molar-refractivity contribution >= 4 is 27.9 Å². The third-order valence-corrected chi connectivity index (χ3v) is 5.74. The minimum Gasteiger partial charge on any atom is -0.369 e. The minimum absolute atomic E-state index is 0.146. The van der Waals surface area contributed by atoms with E-state index in [1.54, 1.807) is 0 Å². The number of piperidine rings is 1. The lowest BCUT2D eigenvalue weighted by molar-refractivity contribution is -0.123. The summed E-state index contributed by atoms with van der Waals surface area (Å²) in [4.78, 5) is 33.6. The van der Waals surface area contributed by atoms with Crippen molar-refractivity contribution in [3.8, 4) is 0 Å². The molecule has 20 heavy (non-hydrogen) atoms. The van der Waals surface area contributed by atoms with Crippen LogP contribution in [-0.2, 0) is 19.6 Å². The van der Waals surface area contributed by atoms with E-state index in [4.69, 9.17) is 5.73 Å². The van der Waals surface area contributed by atoms with Gasteiger partial charge in [0.05, 0.1) is 0 Å². The van der Waals surface area contributed by atoms with E-state index in [9.17, 15) is 22.8 Å². The molecule has 9 nitrogen and oxygen atoms in total. The molecule has 1 unspecified atom stereocenters. The summed E-state index contributed by atoms with van der Waals surface area (Å²) in [5.41, 5.74) is 5.18. The number of rotatable bonds is 3. The van der Waals surface area contributed by atoms with Crippen LogP contribution < -0.4 is 16.4 Å². The fourth-order valence-corrected chi connectivity index (χ4v) is 4.03. The molecule has 0 radical (unpaired) electrons. The molecule has 4 amide bonds. The zero-order valence-electron chi connectivity index (χ0n) is 10.7. The lowest BCUT2D eigenvalue weighted by Crippen LogP contribution is -2.60. The van der Waals surface area contributed by atoms with Crippen molar-refractivity contribution in [2.45, 2.75) is 18.1 Å². The van der Waals surface area contributed by atoms with Crippen LogP contribution in [0.15, 0.2) is 0 Å². The number of hydrogen-bond acceptors (Lipinski definition) is 5. The second kappa shape index (κ2) is 5.37. The first-order valence-electron chi connectivity index (χ1n) is 6.19. The van der Waals surface area contributed by atoms with Crippen LogP contribution in [0.25, 0.3) is 0 Å². The van der Waals surface area contributed by atoms with E-state index in [2.05, 4.69) is 5.32 Å². The second-order valence-electron chi connectivity index (χ2n) is 4.81. The summed E-state index contributed by atoms with van der Waals surface area (Å²) in [6.07, 6.45) is 0.685. The smallest absolute Gasteiger partial charge is 0.321 e. The zero-order chi connectivity index (χ0) is 14.9. The van der Waals surface area contributed by atoms with Gasteiger partial charge in [-0.3, -0.25) is 14.9 Å². The molecule has 1 atom stereocenters. The second-order valence-corrected chi connectivity index (χ2v) is 6.92. The highest BCUT2D eigenvalue weighted by molar-refractivity contribution is 7.90. The zero-order valence-corrected chi connectivity index (χ0v) is 11.5. The largest absolute Gasteiger partial charge is 0.369 e. The summed E-state index contributed by atoms with van der Waals surface area (Å²) >= 11 is 0. The van der Waals surface area contributed by atoms with Crippen molar-refractivity contribution in [1.29, 1.82) is 0 Å². The SMILES string of the molecule is NC(=O)C1CCN(S(=O)(=O)C2CNC(=O)NC2=O)CC1. The van der Waals surface area contributed by atoms with Crippen LogP contribution >= 0.6 is 0 Å². The van der Waals surface area contributed by atoms with E-state index in [0.717, 1.165) is 0 Å². The number of imide groups is 1. The maximum absolute atomic E-state index is 12.3. The van der Waals surface area contributed by atoms with E-state index in [1.165, 1.54) is 4.31 Å². The number of nitrogens with one attached hydrogen (secondary N) is 2. The average molecular weight is 304 g/mol. The topological polar surface area (TPSA) is 139 Å². The highest BCUT2D eigenvalue weighted by Crippen LogP contribution is 2.21. The fourth-order valence-electron chi connectivity index (χ4n) is 2.33. The van der Waals surface area contributed by atoms with Crippen molar-refractivity contribution in [3.05, 3.63) is 0 Å². The average Bonchev–Trinajstić information content (AvgIpc) is 2.38. The maximum atomic E-state index is 12.3. The molecule has 2 aliphatic rings. The van der Waals surface area contributed by atoms with Gasteiger partial charge in [0.15, 0.2) is 5.25 Å². The van der Waals surface area contributed by atoms with Gasteiger partial charge in [-0.05, 0) is 12.8 Å². The van der Waals surface area contributed by atoms with Crippen LogP contribution in [0.5, 0.6) is 0 Å². The molecule has 2 fully saturated rings. The van der Waals surface area contributed by atoms with Crippen LogP contribution in [0.3, 0.4) is 0 Å². The Kier molecular flexibility index (Phi) is 3.95. The lowest BCUT2D eigenvalue weighted by Gasteiger charge is -2.33. The molecular formula is C10H16N4O5S. The van der Waals surface area contributed by atoms with Crippen LogP contribution in [0, 0.1) is 5.92 Å². The van der Waals surface area contributed by atoms with Gasteiger partial charge in [0.25, 0.3) is 0 Å². The predicted octanol–water partition coefficient (Wildman–Crippen LogP) is -2.28. The van der Waals surface area contributed by atoms with Gasteiger partial charge in [-0.15, -0.1) is 0 Å². The number of urea groups is 1. The first kappa shape index (κ1) is 14.7. The standard InChI is InChI=1S/C10H16N4O5S/c11-8(15)6-1-3-14(4-2-6)20(18,19)7-5-12-10(17)13-9(7)16/h6-7H,1-5H2,(H2,11,15)(H2,12,13,16,17). The Bertz CT molecular complexity index is 538. The van der Waals surface area contributed by atoms with Gasteiger partial charge in [0, 0.05) is 25.6 Å². The predicted molar refractivity (Wildman–Crippen MR) is 67.7 cm³/mol. The first-order chi connectivity index (χ1) is 9.32. The molecule has 112 valence electrons. The molecule has 0 saturated carbocycles. The van der Waals surface area contributed by atoms with Gasteiger partial charge in [0.2, 0.25) is 21.8 Å². The van der Waals surface area contributed by atoms with Gasteiger partial charge in [0.1, 0.15) is 0 Å². The molecule has 0 aromatic heterocycles. The van der Waals surface area contributed by atoms with Crippen molar-refractivity contribution in [3.63, 3.8) is 0 Å². The molecule has 10 heteroatoms. The monoisotopic (exact) mass is 304 g/mol. The molecule has 0 aromatic carbocycles. The number of nitrogens with two attached hydrogens (primary N) is 1. The van der Waals surface area contributed by atoms with E-state index in [-0.39, 0.29) is 25.6 Å². The Hall–Kier alpha value is -1.68. The van der Waals surface area contributed by atoms with Gasteiger partial charge in [-0.1, -0.05) is 0 Å². The van der Waals surface area contributed by atoms with Crippen LogP contribution in [0.2, 0.25) is 0 Å². The number of amides is 4. The van der Waals surface area contributed by atoms with Crippen molar-refractivity contribution in [2.75, 3.05) is 19.6 Å². The Labute approximate surface area is 115 Å². The summed E-state index contributed by atoms with van der Waals surface area (Å²) in [5, 5.41) is 2.89. The summed E-state index contributed by atoms with van der Waals surface area (Å²) in [6.45, 7) is 0.0457. The van der Waals surface area contributed by atoms with Crippen molar-refractivity contribution < 1.29 is 22.8 Å². The van der Waals surface area contributed by atoms with Gasteiger partial charge in [-0.25, -0.2) is 17.5 Å². The molecule has 0 spiro atoms. The number of primary amides is 1. The Balaban J connectivity index is 2.06. The molecule has 2 saturated heterocycles. The molecule has 0 aromatic rings.